The van der Waals surface area contributed by atoms with Gasteiger partial charge in [-0.15, -0.1) is 0 Å². The number of nitrogens with zero attached hydrogens (tertiary/aromatic N) is 1. The van der Waals surface area contributed by atoms with Gasteiger partial charge in [0.15, 0.2) is 6.79 Å². The minimum Gasteiger partial charge on any atom is -0.465 e. The second kappa shape index (κ2) is 12.7. The number of rotatable bonds is 11. The van der Waals surface area contributed by atoms with Crippen LogP contribution in [0.1, 0.15) is 46.8 Å². The molecular formula is C30H33F3N2O6S. The van der Waals surface area contributed by atoms with Crippen LogP contribution >= 0.6 is 0 Å². The Kier molecular flexibility index (Phi) is 9.49. The number of sulfonamides is 1. The highest BCUT2D eigenvalue weighted by molar-refractivity contribution is 7.92. The Morgan fingerprint density at radius 2 is 1.71 bits per heavy atom. The molecule has 1 heterocycles. The zero-order chi connectivity index (χ0) is 30.7. The number of anilines is 2. The lowest BCUT2D eigenvalue weighted by atomic mass is 9.90. The van der Waals surface area contributed by atoms with Crippen molar-refractivity contribution < 1.29 is 40.6 Å². The Labute approximate surface area is 243 Å². The lowest BCUT2D eigenvalue weighted by Gasteiger charge is -2.29. The molecule has 0 saturated heterocycles. The van der Waals surface area contributed by atoms with Gasteiger partial charge >= 0.3 is 6.18 Å². The molecule has 1 aliphatic heterocycles. The Hall–Kier alpha value is -3.61. The average Bonchev–Trinajstić information content (AvgIpc) is 2.92. The van der Waals surface area contributed by atoms with Crippen molar-refractivity contribution in [3.05, 3.63) is 76.9 Å². The van der Waals surface area contributed by atoms with Crippen LogP contribution in [-0.4, -0.2) is 54.2 Å². The van der Waals surface area contributed by atoms with E-state index in [1.165, 1.54) is 24.1 Å². The molecule has 1 N–H and O–H groups in total. The first-order chi connectivity index (χ1) is 19.8. The number of nitrogens with one attached hydrogen (secondary N) is 1. The molecule has 8 nitrogen and oxygen atoms in total. The number of halogens is 3. The van der Waals surface area contributed by atoms with Crippen molar-refractivity contribution in [2.75, 3.05) is 49.5 Å². The van der Waals surface area contributed by atoms with Crippen molar-refractivity contribution in [3.63, 3.8) is 0 Å². The maximum Gasteiger partial charge on any atom is 0.416 e. The van der Waals surface area contributed by atoms with Crippen molar-refractivity contribution >= 4 is 27.3 Å². The minimum atomic E-state index is -4.48. The molecule has 0 unspecified atom stereocenters. The molecule has 42 heavy (non-hydrogen) atoms. The summed E-state index contributed by atoms with van der Waals surface area (Å²) in [5.41, 5.74) is 2.31. The molecule has 0 atom stereocenters. The van der Waals surface area contributed by atoms with Crippen LogP contribution in [0.15, 0.2) is 54.6 Å². The molecule has 0 saturated carbocycles. The van der Waals surface area contributed by atoms with Crippen LogP contribution in [-0.2, 0) is 32.1 Å². The normalized spacial score (nSPS) is 13.8. The number of hydrogen-bond acceptors (Lipinski definition) is 6. The molecule has 3 aromatic carbocycles. The number of fused-ring (bicyclic) bond motifs is 1. The molecular weight excluding hydrogens is 573 g/mol. The summed E-state index contributed by atoms with van der Waals surface area (Å²) < 4.78 is 83.5. The molecule has 0 radical (unpaired) electrons. The first-order valence-corrected chi connectivity index (χ1v) is 15.1. The zero-order valence-corrected chi connectivity index (χ0v) is 24.6. The predicted molar refractivity (Wildman–Crippen MR) is 155 cm³/mol. The standard InChI is InChI=1S/C30H33F3N2O6S/c1-19(2)24-8-5-21(16-26(24)30(31,32)33)20-6-9-25-22(15-20)11-12-35(29(25)36)23-7-10-28(41-18-40-14-13-39-3)27(17-23)34-42(4,37)38/h5-10,15-17,19,34H,11-14,18H2,1-4H3. The number of alkyl halides is 3. The molecule has 0 aliphatic carbocycles. The highest BCUT2D eigenvalue weighted by atomic mass is 32.2. The van der Waals surface area contributed by atoms with E-state index < -0.39 is 21.8 Å². The van der Waals surface area contributed by atoms with Gasteiger partial charge in [0.1, 0.15) is 5.75 Å². The van der Waals surface area contributed by atoms with E-state index in [4.69, 9.17) is 14.2 Å². The van der Waals surface area contributed by atoms with Crippen LogP contribution in [0.25, 0.3) is 11.1 Å². The molecule has 4 rings (SSSR count). The maximum absolute atomic E-state index is 13.8. The molecule has 0 spiro atoms. The number of benzene rings is 3. The van der Waals surface area contributed by atoms with Crippen molar-refractivity contribution in [2.24, 2.45) is 0 Å². The van der Waals surface area contributed by atoms with E-state index in [1.807, 2.05) is 0 Å². The molecule has 226 valence electrons. The summed E-state index contributed by atoms with van der Waals surface area (Å²) >= 11 is 0. The summed E-state index contributed by atoms with van der Waals surface area (Å²) in [6.45, 7) is 4.26. The van der Waals surface area contributed by atoms with Crippen LogP contribution in [0.3, 0.4) is 0 Å². The van der Waals surface area contributed by atoms with E-state index in [-0.39, 0.29) is 42.2 Å². The fraction of sp³-hybridized carbons (Fsp3) is 0.367. The third kappa shape index (κ3) is 7.42. The number of ether oxygens (including phenoxy) is 3. The van der Waals surface area contributed by atoms with E-state index in [9.17, 15) is 26.4 Å². The lowest BCUT2D eigenvalue weighted by Crippen LogP contribution is -2.37. The predicted octanol–water partition coefficient (Wildman–Crippen LogP) is 6.07. The summed E-state index contributed by atoms with van der Waals surface area (Å²) in [6, 6.07) is 14.1. The number of hydrogen-bond donors (Lipinski definition) is 1. The van der Waals surface area contributed by atoms with E-state index in [0.29, 0.717) is 42.0 Å². The van der Waals surface area contributed by atoms with Crippen molar-refractivity contribution in [3.8, 4) is 16.9 Å². The van der Waals surface area contributed by atoms with Crippen LogP contribution < -0.4 is 14.4 Å². The molecule has 0 bridgehead atoms. The summed E-state index contributed by atoms with van der Waals surface area (Å²) in [4.78, 5) is 15.0. The van der Waals surface area contributed by atoms with E-state index in [1.54, 1.807) is 50.2 Å². The number of methoxy groups -OCH3 is 1. The van der Waals surface area contributed by atoms with Gasteiger partial charge in [-0.3, -0.25) is 9.52 Å². The summed E-state index contributed by atoms with van der Waals surface area (Å²) in [6.07, 6.45) is -3.03. The fourth-order valence-corrected chi connectivity index (χ4v) is 5.36. The minimum absolute atomic E-state index is 0.135. The van der Waals surface area contributed by atoms with Crippen LogP contribution in [0, 0.1) is 0 Å². The summed E-state index contributed by atoms with van der Waals surface area (Å²) in [5, 5.41) is 0. The van der Waals surface area contributed by atoms with Gasteiger partial charge in [0.25, 0.3) is 5.91 Å². The van der Waals surface area contributed by atoms with Gasteiger partial charge in [0, 0.05) is 24.9 Å². The Bertz CT molecular complexity index is 1560. The quantitative estimate of drug-likeness (QED) is 0.210. The first kappa shape index (κ1) is 31.3. The van der Waals surface area contributed by atoms with Gasteiger partial charge in [-0.05, 0) is 64.9 Å². The van der Waals surface area contributed by atoms with Crippen LogP contribution in [0.2, 0.25) is 0 Å². The lowest BCUT2D eigenvalue weighted by molar-refractivity contribution is -0.138. The smallest absolute Gasteiger partial charge is 0.416 e. The van der Waals surface area contributed by atoms with Gasteiger partial charge in [-0.25, -0.2) is 8.42 Å². The van der Waals surface area contributed by atoms with Crippen molar-refractivity contribution in [2.45, 2.75) is 32.4 Å². The summed E-state index contributed by atoms with van der Waals surface area (Å²) in [7, 11) is -2.13. The monoisotopic (exact) mass is 606 g/mol. The number of amides is 1. The SMILES string of the molecule is COCCOCOc1ccc(N2CCc3cc(-c4ccc(C(C)C)c(C(F)(F)F)c4)ccc3C2=O)cc1NS(C)(=O)=O. The number of carbonyl (C=O) groups is 1. The highest BCUT2D eigenvalue weighted by Crippen LogP contribution is 2.39. The Morgan fingerprint density at radius 1 is 1.00 bits per heavy atom. The molecule has 3 aromatic rings. The molecule has 0 fully saturated rings. The van der Waals surface area contributed by atoms with Crippen molar-refractivity contribution in [1.82, 2.24) is 0 Å². The van der Waals surface area contributed by atoms with Gasteiger partial charge < -0.3 is 19.1 Å². The fourth-order valence-electron chi connectivity index (χ4n) is 4.80. The van der Waals surface area contributed by atoms with E-state index in [0.717, 1.165) is 17.9 Å². The second-order valence-electron chi connectivity index (χ2n) is 10.3. The van der Waals surface area contributed by atoms with Gasteiger partial charge in [-0.1, -0.05) is 38.1 Å². The van der Waals surface area contributed by atoms with Crippen LogP contribution in [0.5, 0.6) is 5.75 Å². The first-order valence-electron chi connectivity index (χ1n) is 13.3. The molecule has 1 aliphatic rings. The molecule has 0 aromatic heterocycles. The largest absolute Gasteiger partial charge is 0.465 e. The van der Waals surface area contributed by atoms with Gasteiger partial charge in [0.05, 0.1) is 30.7 Å². The van der Waals surface area contributed by atoms with Crippen molar-refractivity contribution in [1.29, 1.82) is 0 Å². The topological polar surface area (TPSA) is 94.2 Å². The zero-order valence-electron chi connectivity index (χ0n) is 23.7. The van der Waals surface area contributed by atoms with E-state index in [2.05, 4.69) is 4.72 Å². The van der Waals surface area contributed by atoms with Gasteiger partial charge in [-0.2, -0.15) is 13.2 Å². The van der Waals surface area contributed by atoms with Crippen LogP contribution in [0.4, 0.5) is 24.5 Å². The Morgan fingerprint density at radius 3 is 2.38 bits per heavy atom. The van der Waals surface area contributed by atoms with Gasteiger partial charge in [0.2, 0.25) is 10.0 Å². The third-order valence-electron chi connectivity index (χ3n) is 6.80. The molecule has 12 heteroatoms. The average molecular weight is 607 g/mol. The number of carbonyl (C=O) groups excluding carboxylic acids is 1. The Balaban J connectivity index is 1.60. The molecule has 1 amide bonds. The second-order valence-corrected chi connectivity index (χ2v) is 12.0. The third-order valence-corrected chi connectivity index (χ3v) is 7.39. The summed E-state index contributed by atoms with van der Waals surface area (Å²) in [5.74, 6) is -0.376. The highest BCUT2D eigenvalue weighted by Gasteiger charge is 2.34. The van der Waals surface area contributed by atoms with E-state index >= 15 is 0 Å². The maximum atomic E-state index is 13.8.